The molecule has 21 heavy (non-hydrogen) atoms. The van der Waals surface area contributed by atoms with Crippen LogP contribution in [0.2, 0.25) is 0 Å². The first-order valence-corrected chi connectivity index (χ1v) is 8.37. The number of aliphatic hydroxyl groups excluding tert-OH is 1. The third kappa shape index (κ3) is 3.87. The molecule has 1 aliphatic carbocycles. The second kappa shape index (κ2) is 6.93. The fourth-order valence-corrected chi connectivity index (χ4v) is 4.02. The molecule has 1 fully saturated rings. The largest absolute Gasteiger partial charge is 0.391 e. The lowest BCUT2D eigenvalue weighted by Gasteiger charge is -2.43. The molecule has 2 rings (SSSR count). The minimum Gasteiger partial charge on any atom is -0.391 e. The average molecular weight is 289 g/mol. The van der Waals surface area contributed by atoms with Gasteiger partial charge in [0.1, 0.15) is 0 Å². The fourth-order valence-electron chi connectivity index (χ4n) is 4.02. The molecule has 0 spiro atoms. The number of aliphatic hydroxyl groups is 1. The standard InChI is InChI=1S/C19H31NO/c1-15-11-16(2)13-17(12-15)14-18(21)19(20(3)4)9-7-5-6-8-10-19/h11-13,18,21H,5-10,14H2,1-4H3. The summed E-state index contributed by atoms with van der Waals surface area (Å²) in [6.07, 6.45) is 7.81. The zero-order valence-corrected chi connectivity index (χ0v) is 14.2. The van der Waals surface area contributed by atoms with Gasteiger partial charge in [0.05, 0.1) is 6.10 Å². The molecule has 0 saturated heterocycles. The Kier molecular flexibility index (Phi) is 5.45. The van der Waals surface area contributed by atoms with E-state index in [1.165, 1.54) is 42.4 Å². The van der Waals surface area contributed by atoms with Crippen molar-refractivity contribution in [2.24, 2.45) is 0 Å². The highest BCUT2D eigenvalue weighted by molar-refractivity contribution is 5.29. The summed E-state index contributed by atoms with van der Waals surface area (Å²) in [7, 11) is 4.27. The van der Waals surface area contributed by atoms with E-state index in [4.69, 9.17) is 0 Å². The number of hydrogen-bond donors (Lipinski definition) is 1. The normalized spacial score (nSPS) is 20.3. The Bertz CT molecular complexity index is 438. The molecule has 2 heteroatoms. The molecule has 2 nitrogen and oxygen atoms in total. The number of hydrogen-bond acceptors (Lipinski definition) is 2. The van der Waals surface area contributed by atoms with Crippen LogP contribution in [0.5, 0.6) is 0 Å². The highest BCUT2D eigenvalue weighted by atomic mass is 16.3. The van der Waals surface area contributed by atoms with Crippen LogP contribution in [0, 0.1) is 13.8 Å². The quantitative estimate of drug-likeness (QED) is 0.851. The van der Waals surface area contributed by atoms with E-state index in [2.05, 4.69) is 51.0 Å². The Hall–Kier alpha value is -0.860. The SMILES string of the molecule is Cc1cc(C)cc(CC(O)C2(N(C)C)CCCCCC2)c1. The van der Waals surface area contributed by atoms with Crippen LogP contribution in [-0.2, 0) is 6.42 Å². The molecule has 1 saturated carbocycles. The lowest BCUT2D eigenvalue weighted by Crippen LogP contribution is -2.54. The van der Waals surface area contributed by atoms with Crippen LogP contribution in [0.3, 0.4) is 0 Å². The van der Waals surface area contributed by atoms with E-state index >= 15 is 0 Å². The maximum atomic E-state index is 11.0. The highest BCUT2D eigenvalue weighted by Crippen LogP contribution is 2.35. The van der Waals surface area contributed by atoms with Crippen molar-refractivity contribution in [3.63, 3.8) is 0 Å². The van der Waals surface area contributed by atoms with Crippen LogP contribution in [0.4, 0.5) is 0 Å². The molecule has 1 atom stereocenters. The number of benzene rings is 1. The topological polar surface area (TPSA) is 23.5 Å². The lowest BCUT2D eigenvalue weighted by molar-refractivity contribution is -0.0174. The van der Waals surface area contributed by atoms with Crippen LogP contribution in [0.25, 0.3) is 0 Å². The van der Waals surface area contributed by atoms with Gasteiger partial charge >= 0.3 is 0 Å². The van der Waals surface area contributed by atoms with E-state index < -0.39 is 0 Å². The van der Waals surface area contributed by atoms with Gasteiger partial charge < -0.3 is 10.0 Å². The number of aryl methyl sites for hydroxylation is 2. The van der Waals surface area contributed by atoms with Gasteiger partial charge in [-0.05, 0) is 46.3 Å². The Morgan fingerprint density at radius 1 is 1.00 bits per heavy atom. The molecule has 1 aliphatic rings. The number of likely N-dealkylation sites (N-methyl/N-ethyl adjacent to an activating group) is 1. The minimum absolute atomic E-state index is 0.0475. The third-order valence-corrected chi connectivity index (χ3v) is 5.19. The van der Waals surface area contributed by atoms with Gasteiger partial charge in [-0.2, -0.15) is 0 Å². The van der Waals surface area contributed by atoms with Gasteiger partial charge in [0.25, 0.3) is 0 Å². The van der Waals surface area contributed by atoms with E-state index in [1.54, 1.807) is 0 Å². The molecular formula is C19H31NO. The smallest absolute Gasteiger partial charge is 0.0763 e. The van der Waals surface area contributed by atoms with Crippen molar-refractivity contribution < 1.29 is 5.11 Å². The van der Waals surface area contributed by atoms with Gasteiger partial charge in [0.2, 0.25) is 0 Å². The van der Waals surface area contributed by atoms with E-state index in [9.17, 15) is 5.11 Å². The minimum atomic E-state index is -0.285. The second-order valence-corrected chi connectivity index (χ2v) is 7.13. The molecule has 0 radical (unpaired) electrons. The van der Waals surface area contributed by atoms with Crippen LogP contribution < -0.4 is 0 Å². The van der Waals surface area contributed by atoms with Crippen LogP contribution in [-0.4, -0.2) is 35.7 Å². The zero-order chi connectivity index (χ0) is 15.5. The Balaban J connectivity index is 2.20. The highest BCUT2D eigenvalue weighted by Gasteiger charge is 2.39. The van der Waals surface area contributed by atoms with Crippen molar-refractivity contribution in [1.82, 2.24) is 4.90 Å². The summed E-state index contributed by atoms with van der Waals surface area (Å²) in [4.78, 5) is 2.28. The fraction of sp³-hybridized carbons (Fsp3) is 0.684. The van der Waals surface area contributed by atoms with Gasteiger partial charge in [-0.15, -0.1) is 0 Å². The lowest BCUT2D eigenvalue weighted by atomic mass is 9.80. The molecule has 0 heterocycles. The van der Waals surface area contributed by atoms with Crippen molar-refractivity contribution in [3.05, 3.63) is 34.9 Å². The predicted molar refractivity (Wildman–Crippen MR) is 89.7 cm³/mol. The van der Waals surface area contributed by atoms with Gasteiger partial charge in [0, 0.05) is 12.0 Å². The molecule has 0 amide bonds. The van der Waals surface area contributed by atoms with E-state index in [1.807, 2.05) is 0 Å². The number of nitrogens with zero attached hydrogens (tertiary/aromatic N) is 1. The monoisotopic (exact) mass is 289 g/mol. The molecule has 1 unspecified atom stereocenters. The van der Waals surface area contributed by atoms with Crippen molar-refractivity contribution >= 4 is 0 Å². The molecule has 0 aliphatic heterocycles. The second-order valence-electron chi connectivity index (χ2n) is 7.13. The molecule has 1 aromatic carbocycles. The first-order valence-electron chi connectivity index (χ1n) is 8.37. The maximum Gasteiger partial charge on any atom is 0.0763 e. The maximum absolute atomic E-state index is 11.0. The van der Waals surface area contributed by atoms with Crippen molar-refractivity contribution in [1.29, 1.82) is 0 Å². The zero-order valence-electron chi connectivity index (χ0n) is 14.2. The summed E-state index contributed by atoms with van der Waals surface area (Å²) >= 11 is 0. The van der Waals surface area contributed by atoms with Crippen molar-refractivity contribution in [3.8, 4) is 0 Å². The average Bonchev–Trinajstić information content (AvgIpc) is 2.63. The molecule has 0 bridgehead atoms. The summed E-state index contributed by atoms with van der Waals surface area (Å²) in [5.74, 6) is 0. The van der Waals surface area contributed by atoms with Crippen molar-refractivity contribution in [2.45, 2.75) is 70.4 Å². The Labute approximate surface area is 130 Å². The summed E-state index contributed by atoms with van der Waals surface area (Å²) < 4.78 is 0. The van der Waals surface area contributed by atoms with Crippen LogP contribution >= 0.6 is 0 Å². The molecular weight excluding hydrogens is 258 g/mol. The van der Waals surface area contributed by atoms with E-state index in [0.29, 0.717) is 0 Å². The third-order valence-electron chi connectivity index (χ3n) is 5.19. The van der Waals surface area contributed by atoms with Crippen LogP contribution in [0.15, 0.2) is 18.2 Å². The Morgan fingerprint density at radius 3 is 2.00 bits per heavy atom. The van der Waals surface area contributed by atoms with Gasteiger partial charge in [0.15, 0.2) is 0 Å². The van der Waals surface area contributed by atoms with Gasteiger partial charge in [-0.3, -0.25) is 0 Å². The van der Waals surface area contributed by atoms with Crippen LogP contribution in [0.1, 0.15) is 55.2 Å². The summed E-state index contributed by atoms with van der Waals surface area (Å²) in [6, 6.07) is 6.63. The van der Waals surface area contributed by atoms with Crippen molar-refractivity contribution in [2.75, 3.05) is 14.1 Å². The van der Waals surface area contributed by atoms with E-state index in [-0.39, 0.29) is 11.6 Å². The van der Waals surface area contributed by atoms with Gasteiger partial charge in [-0.25, -0.2) is 0 Å². The number of rotatable bonds is 4. The Morgan fingerprint density at radius 2 is 1.52 bits per heavy atom. The predicted octanol–water partition coefficient (Wildman–Crippen LogP) is 3.86. The van der Waals surface area contributed by atoms with Gasteiger partial charge in [-0.1, -0.05) is 55.0 Å². The summed E-state index contributed by atoms with van der Waals surface area (Å²) in [5.41, 5.74) is 3.80. The van der Waals surface area contributed by atoms with E-state index in [0.717, 1.165) is 19.3 Å². The first kappa shape index (κ1) is 16.5. The first-order chi connectivity index (χ1) is 9.94. The molecule has 0 aromatic heterocycles. The molecule has 1 aromatic rings. The molecule has 118 valence electrons. The summed E-state index contributed by atoms with van der Waals surface area (Å²) in [5, 5.41) is 11.0. The summed E-state index contributed by atoms with van der Waals surface area (Å²) in [6.45, 7) is 4.27. The molecule has 1 N–H and O–H groups in total.